The van der Waals surface area contributed by atoms with Gasteiger partial charge < -0.3 is 0 Å². The summed E-state index contributed by atoms with van der Waals surface area (Å²) in [6.45, 7) is 8.20. The van der Waals surface area contributed by atoms with Gasteiger partial charge in [0.2, 0.25) is 10.0 Å². The Labute approximate surface area is 161 Å². The first-order valence-corrected chi connectivity index (χ1v) is 10.2. The Morgan fingerprint density at radius 2 is 1.81 bits per heavy atom. The van der Waals surface area contributed by atoms with Crippen molar-refractivity contribution < 1.29 is 8.42 Å². The Hall–Kier alpha value is -2.68. The Bertz CT molecular complexity index is 1030. The number of benzene rings is 2. The highest BCUT2D eigenvalue weighted by molar-refractivity contribution is 7.89. The summed E-state index contributed by atoms with van der Waals surface area (Å²) in [6, 6.07) is 18.5. The molecule has 1 heterocycles. The first-order valence-electron chi connectivity index (χ1n) is 8.71. The van der Waals surface area contributed by atoms with Crippen LogP contribution in [0.4, 0.5) is 0 Å². The molecule has 1 unspecified atom stereocenters. The van der Waals surface area contributed by atoms with Crippen LogP contribution >= 0.6 is 0 Å². The summed E-state index contributed by atoms with van der Waals surface area (Å²) >= 11 is 0. The summed E-state index contributed by atoms with van der Waals surface area (Å²) in [7, 11) is -3.65. The van der Waals surface area contributed by atoms with E-state index in [1.54, 1.807) is 30.3 Å². The Morgan fingerprint density at radius 3 is 2.37 bits per heavy atom. The topological polar surface area (TPSA) is 61.2 Å². The van der Waals surface area contributed by atoms with Crippen molar-refractivity contribution in [1.29, 1.82) is 5.26 Å². The van der Waals surface area contributed by atoms with Crippen LogP contribution in [0.15, 0.2) is 77.7 Å². The van der Waals surface area contributed by atoms with Gasteiger partial charge in [-0.25, -0.2) is 8.42 Å². The zero-order valence-corrected chi connectivity index (χ0v) is 16.3. The molecule has 0 N–H and O–H groups in total. The molecule has 0 spiro atoms. The van der Waals surface area contributed by atoms with E-state index >= 15 is 0 Å². The van der Waals surface area contributed by atoms with Crippen LogP contribution in [-0.4, -0.2) is 25.8 Å². The molecule has 27 heavy (non-hydrogen) atoms. The fourth-order valence-corrected chi connectivity index (χ4v) is 4.88. The summed E-state index contributed by atoms with van der Waals surface area (Å²) in [4.78, 5) is 0.263. The van der Waals surface area contributed by atoms with Crippen molar-refractivity contribution in [1.82, 2.24) is 4.31 Å². The second-order valence-electron chi connectivity index (χ2n) is 7.04. The van der Waals surface area contributed by atoms with Crippen molar-refractivity contribution in [3.63, 3.8) is 0 Å². The number of sulfonamides is 1. The average Bonchev–Trinajstić information content (AvgIpc) is 3.03. The van der Waals surface area contributed by atoms with Gasteiger partial charge in [0.15, 0.2) is 0 Å². The molecule has 2 aromatic rings. The van der Waals surface area contributed by atoms with E-state index in [0.717, 1.165) is 16.7 Å². The van der Waals surface area contributed by atoms with Gasteiger partial charge in [-0.1, -0.05) is 61.0 Å². The Morgan fingerprint density at radius 1 is 1.19 bits per heavy atom. The van der Waals surface area contributed by atoms with Gasteiger partial charge in [-0.2, -0.15) is 9.57 Å². The van der Waals surface area contributed by atoms with Crippen molar-refractivity contribution >= 4 is 15.6 Å². The molecule has 1 fully saturated rings. The molecule has 1 aliphatic rings. The normalized spacial score (nSPS) is 22.3. The summed E-state index contributed by atoms with van der Waals surface area (Å²) in [5, 5.41) is 9.79. The van der Waals surface area contributed by atoms with E-state index in [1.165, 1.54) is 4.31 Å². The van der Waals surface area contributed by atoms with E-state index in [1.807, 2.05) is 44.2 Å². The van der Waals surface area contributed by atoms with E-state index in [0.29, 0.717) is 5.57 Å². The van der Waals surface area contributed by atoms with Crippen LogP contribution < -0.4 is 0 Å². The zero-order valence-electron chi connectivity index (χ0n) is 15.5. The molecule has 0 radical (unpaired) electrons. The molecule has 2 aromatic carbocycles. The van der Waals surface area contributed by atoms with Gasteiger partial charge >= 0.3 is 0 Å². The van der Waals surface area contributed by atoms with Crippen LogP contribution in [0.25, 0.3) is 5.57 Å². The number of hydrogen-bond acceptors (Lipinski definition) is 3. The lowest BCUT2D eigenvalue weighted by Gasteiger charge is -2.22. The Balaban J connectivity index is 2.09. The largest absolute Gasteiger partial charge is 0.243 e. The predicted octanol–water partition coefficient (Wildman–Crippen LogP) is 4.17. The molecule has 0 aromatic heterocycles. The van der Waals surface area contributed by atoms with Gasteiger partial charge in [-0.15, -0.1) is 6.58 Å². The quantitative estimate of drug-likeness (QED) is 0.593. The highest BCUT2D eigenvalue weighted by Gasteiger charge is 2.43. The lowest BCUT2D eigenvalue weighted by atomic mass is 9.81. The van der Waals surface area contributed by atoms with Crippen LogP contribution in [0.1, 0.15) is 18.1 Å². The van der Waals surface area contributed by atoms with Gasteiger partial charge in [0.05, 0.1) is 16.5 Å². The van der Waals surface area contributed by atoms with E-state index < -0.39 is 15.4 Å². The van der Waals surface area contributed by atoms with Crippen molar-refractivity contribution in [2.45, 2.75) is 18.7 Å². The molecule has 0 amide bonds. The van der Waals surface area contributed by atoms with Gasteiger partial charge in [0, 0.05) is 18.5 Å². The molecule has 4 nitrogen and oxygen atoms in total. The molecule has 3 rings (SSSR count). The van der Waals surface area contributed by atoms with Gasteiger partial charge in [-0.3, -0.25) is 0 Å². The number of aryl methyl sites for hydroxylation is 1. The molecular weight excluding hydrogens is 356 g/mol. The maximum atomic E-state index is 13.1. The lowest BCUT2D eigenvalue weighted by molar-refractivity contribution is 0.429. The first-order chi connectivity index (χ1) is 12.8. The van der Waals surface area contributed by atoms with Crippen LogP contribution in [0.3, 0.4) is 0 Å². The average molecular weight is 378 g/mol. The monoisotopic (exact) mass is 378 g/mol. The highest BCUT2D eigenvalue weighted by atomic mass is 32.2. The third-order valence-electron chi connectivity index (χ3n) is 5.11. The minimum absolute atomic E-state index is 0.177. The van der Waals surface area contributed by atoms with Gasteiger partial charge in [0.1, 0.15) is 0 Å². The number of nitrogens with zero attached hydrogens (tertiary/aromatic N) is 2. The summed E-state index contributed by atoms with van der Waals surface area (Å²) < 4.78 is 27.7. The predicted molar refractivity (Wildman–Crippen MR) is 107 cm³/mol. The maximum Gasteiger partial charge on any atom is 0.243 e. The molecule has 1 saturated heterocycles. The molecule has 138 valence electrons. The van der Waals surface area contributed by atoms with E-state index in [9.17, 15) is 13.7 Å². The van der Waals surface area contributed by atoms with E-state index in [4.69, 9.17) is 0 Å². The molecule has 0 aliphatic carbocycles. The molecule has 1 aliphatic heterocycles. The highest BCUT2D eigenvalue weighted by Crippen LogP contribution is 2.42. The van der Waals surface area contributed by atoms with E-state index in [-0.39, 0.29) is 18.0 Å². The van der Waals surface area contributed by atoms with Crippen LogP contribution in [0, 0.1) is 23.7 Å². The number of nitriles is 1. The first kappa shape index (κ1) is 19.1. The summed E-state index contributed by atoms with van der Waals surface area (Å²) in [5.74, 6) is 0. The Kier molecular flexibility index (Phi) is 5.05. The SMILES string of the molecule is C=CC1(C)CN(S(=O)(=O)c2ccc(C)cc2)C/C1=C(/C#N)c1ccccc1. The van der Waals surface area contributed by atoms with Gasteiger partial charge in [0.25, 0.3) is 0 Å². The lowest BCUT2D eigenvalue weighted by Crippen LogP contribution is -2.30. The zero-order chi connectivity index (χ0) is 19.7. The standard InChI is InChI=1S/C22H22N2O2S/c1-4-22(3)16-24(27(25,26)19-12-10-17(2)11-13-19)15-21(22)20(14-23)18-8-6-5-7-9-18/h4-13H,1,15-16H2,2-3H3/b21-20+. The molecule has 0 saturated carbocycles. The second kappa shape index (κ2) is 7.15. The fraction of sp³-hybridized carbons (Fsp3) is 0.227. The fourth-order valence-electron chi connectivity index (χ4n) is 3.37. The molecule has 0 bridgehead atoms. The molecule has 5 heteroatoms. The molecule has 1 atom stereocenters. The van der Waals surface area contributed by atoms with Crippen LogP contribution in [0.5, 0.6) is 0 Å². The van der Waals surface area contributed by atoms with Gasteiger partial charge in [-0.05, 0) is 30.2 Å². The van der Waals surface area contributed by atoms with Crippen LogP contribution in [0.2, 0.25) is 0 Å². The summed E-state index contributed by atoms with van der Waals surface area (Å²) in [5.41, 5.74) is 2.49. The van der Waals surface area contributed by atoms with Crippen molar-refractivity contribution in [3.05, 3.63) is 84.0 Å². The number of hydrogen-bond donors (Lipinski definition) is 0. The maximum absolute atomic E-state index is 13.1. The third-order valence-corrected chi connectivity index (χ3v) is 6.92. The minimum atomic E-state index is -3.65. The summed E-state index contributed by atoms with van der Waals surface area (Å²) in [6.07, 6.45) is 1.74. The van der Waals surface area contributed by atoms with E-state index in [2.05, 4.69) is 12.6 Å². The second-order valence-corrected chi connectivity index (χ2v) is 8.98. The third kappa shape index (κ3) is 3.46. The number of allylic oxidation sites excluding steroid dienone is 1. The number of rotatable bonds is 4. The van der Waals surface area contributed by atoms with Crippen molar-refractivity contribution in [2.24, 2.45) is 5.41 Å². The van der Waals surface area contributed by atoms with Crippen molar-refractivity contribution in [3.8, 4) is 6.07 Å². The smallest absolute Gasteiger partial charge is 0.207 e. The minimum Gasteiger partial charge on any atom is -0.207 e. The van der Waals surface area contributed by atoms with Crippen molar-refractivity contribution in [2.75, 3.05) is 13.1 Å². The van der Waals surface area contributed by atoms with Crippen LogP contribution in [-0.2, 0) is 10.0 Å². The molecular formula is C22H22N2O2S.